The zero-order valence-corrected chi connectivity index (χ0v) is 11.6. The maximum atomic E-state index is 13.7. The van der Waals surface area contributed by atoms with Crippen molar-refractivity contribution in [1.29, 1.82) is 0 Å². The lowest BCUT2D eigenvalue weighted by Crippen LogP contribution is -2.30. The van der Waals surface area contributed by atoms with Gasteiger partial charge in [-0.3, -0.25) is 11.3 Å². The molecule has 0 saturated heterocycles. The number of halogens is 2. The molecule has 1 atom stereocenters. The average Bonchev–Trinajstić information content (AvgIpc) is 2.42. The number of nitrogens with one attached hydrogen (secondary N) is 1. The fraction of sp³-hybridized carbons (Fsp3) is 0.250. The number of hydrogen-bond acceptors (Lipinski definition) is 2. The van der Waals surface area contributed by atoms with Crippen molar-refractivity contribution >= 4 is 0 Å². The number of rotatable bonds is 4. The highest BCUT2D eigenvalue weighted by molar-refractivity contribution is 5.34. The number of hydrazine groups is 1. The molecule has 2 aromatic carbocycles. The van der Waals surface area contributed by atoms with Gasteiger partial charge >= 0.3 is 0 Å². The average molecular weight is 276 g/mol. The first-order chi connectivity index (χ1) is 9.52. The first kappa shape index (κ1) is 14.6. The molecule has 3 N–H and O–H groups in total. The molecule has 0 amide bonds. The zero-order chi connectivity index (χ0) is 14.7. The minimum absolute atomic E-state index is 0.0522. The van der Waals surface area contributed by atoms with Crippen molar-refractivity contribution in [2.24, 2.45) is 5.84 Å². The first-order valence-corrected chi connectivity index (χ1v) is 6.49. The summed E-state index contributed by atoms with van der Waals surface area (Å²) in [6, 6.07) is 9.50. The molecule has 0 saturated carbocycles. The van der Waals surface area contributed by atoms with E-state index in [1.54, 1.807) is 0 Å². The van der Waals surface area contributed by atoms with E-state index in [0.29, 0.717) is 0 Å². The number of nitrogens with two attached hydrogens (primary N) is 1. The van der Waals surface area contributed by atoms with E-state index < -0.39 is 11.6 Å². The highest BCUT2D eigenvalue weighted by Crippen LogP contribution is 2.24. The van der Waals surface area contributed by atoms with Crippen molar-refractivity contribution in [3.8, 4) is 0 Å². The molecule has 0 spiro atoms. The number of hydrogen-bond donors (Lipinski definition) is 2. The lowest BCUT2D eigenvalue weighted by atomic mass is 9.94. The summed E-state index contributed by atoms with van der Waals surface area (Å²) in [5.74, 6) is 4.49. The van der Waals surface area contributed by atoms with Crippen molar-refractivity contribution in [2.75, 3.05) is 0 Å². The minimum atomic E-state index is -0.546. The summed E-state index contributed by atoms with van der Waals surface area (Å²) in [6.07, 6.45) is 0.166. The van der Waals surface area contributed by atoms with E-state index in [4.69, 9.17) is 5.84 Å². The smallest absolute Gasteiger partial charge is 0.129 e. The van der Waals surface area contributed by atoms with E-state index in [2.05, 4.69) is 5.43 Å². The molecule has 4 heteroatoms. The lowest BCUT2D eigenvalue weighted by Gasteiger charge is -2.20. The van der Waals surface area contributed by atoms with Gasteiger partial charge in [-0.25, -0.2) is 8.78 Å². The Morgan fingerprint density at radius 3 is 2.35 bits per heavy atom. The number of benzene rings is 2. The Balaban J connectivity index is 2.36. The molecule has 0 aromatic heterocycles. The summed E-state index contributed by atoms with van der Waals surface area (Å²) in [4.78, 5) is 0. The van der Waals surface area contributed by atoms with Crippen molar-refractivity contribution in [3.05, 3.63) is 70.3 Å². The summed E-state index contributed by atoms with van der Waals surface area (Å²) in [5.41, 5.74) is 5.78. The van der Waals surface area contributed by atoms with Crippen LogP contribution in [0.1, 0.15) is 28.3 Å². The van der Waals surface area contributed by atoms with Crippen molar-refractivity contribution in [2.45, 2.75) is 26.3 Å². The molecule has 0 radical (unpaired) electrons. The van der Waals surface area contributed by atoms with Gasteiger partial charge in [0.2, 0.25) is 0 Å². The Bertz CT molecular complexity index is 591. The summed E-state index contributed by atoms with van der Waals surface area (Å²) in [5, 5.41) is 0. The Kier molecular flexibility index (Phi) is 4.47. The third kappa shape index (κ3) is 3.03. The van der Waals surface area contributed by atoms with E-state index >= 15 is 0 Å². The molecule has 20 heavy (non-hydrogen) atoms. The Morgan fingerprint density at radius 2 is 1.75 bits per heavy atom. The van der Waals surface area contributed by atoms with Crippen LogP contribution in [0, 0.1) is 25.5 Å². The second-order valence-corrected chi connectivity index (χ2v) is 4.98. The predicted octanol–water partition coefficient (Wildman–Crippen LogP) is 3.33. The second kappa shape index (κ2) is 6.11. The SMILES string of the molecule is Cc1ccc(C)c(C(Cc2c(F)cccc2F)NN)c1. The van der Waals surface area contributed by atoms with Gasteiger partial charge in [-0.1, -0.05) is 29.8 Å². The van der Waals surface area contributed by atoms with E-state index in [1.807, 2.05) is 32.0 Å². The van der Waals surface area contributed by atoms with E-state index in [9.17, 15) is 8.78 Å². The van der Waals surface area contributed by atoms with Gasteiger partial charge in [-0.15, -0.1) is 0 Å². The standard InChI is InChI=1S/C16H18F2N2/c1-10-6-7-11(2)12(8-10)16(20-19)9-13-14(17)4-3-5-15(13)18/h3-8,16,20H,9,19H2,1-2H3. The van der Waals surface area contributed by atoms with E-state index in [0.717, 1.165) is 16.7 Å². The number of aryl methyl sites for hydroxylation is 2. The van der Waals surface area contributed by atoms with Gasteiger partial charge in [0.1, 0.15) is 11.6 Å². The maximum absolute atomic E-state index is 13.7. The molecule has 0 fully saturated rings. The molecule has 2 rings (SSSR count). The van der Waals surface area contributed by atoms with Crippen LogP contribution in [-0.2, 0) is 6.42 Å². The highest BCUT2D eigenvalue weighted by Gasteiger charge is 2.18. The van der Waals surface area contributed by atoms with Crippen LogP contribution >= 0.6 is 0 Å². The normalized spacial score (nSPS) is 12.4. The van der Waals surface area contributed by atoms with Gasteiger partial charge in [0, 0.05) is 5.56 Å². The van der Waals surface area contributed by atoms with E-state index in [-0.39, 0.29) is 18.0 Å². The van der Waals surface area contributed by atoms with Gasteiger partial charge in [0.15, 0.2) is 0 Å². The zero-order valence-electron chi connectivity index (χ0n) is 11.6. The van der Waals surface area contributed by atoms with Gasteiger partial charge in [-0.05, 0) is 43.5 Å². The molecular weight excluding hydrogens is 258 g/mol. The second-order valence-electron chi connectivity index (χ2n) is 4.98. The van der Waals surface area contributed by atoms with Crippen LogP contribution in [0.3, 0.4) is 0 Å². The highest BCUT2D eigenvalue weighted by atomic mass is 19.1. The summed E-state index contributed by atoms with van der Waals surface area (Å²) >= 11 is 0. The lowest BCUT2D eigenvalue weighted by molar-refractivity contribution is 0.498. The summed E-state index contributed by atoms with van der Waals surface area (Å²) in [6.45, 7) is 3.93. The van der Waals surface area contributed by atoms with Crippen LogP contribution in [0.25, 0.3) is 0 Å². The molecule has 106 valence electrons. The van der Waals surface area contributed by atoms with Gasteiger partial charge in [-0.2, -0.15) is 0 Å². The topological polar surface area (TPSA) is 38.0 Å². The van der Waals surface area contributed by atoms with Crippen molar-refractivity contribution in [1.82, 2.24) is 5.43 Å². The van der Waals surface area contributed by atoms with Crippen LogP contribution in [-0.4, -0.2) is 0 Å². The Morgan fingerprint density at radius 1 is 1.10 bits per heavy atom. The Labute approximate surface area is 117 Å². The first-order valence-electron chi connectivity index (χ1n) is 6.49. The quantitative estimate of drug-likeness (QED) is 0.664. The molecule has 1 unspecified atom stereocenters. The Hall–Kier alpha value is -1.78. The molecule has 0 heterocycles. The largest absolute Gasteiger partial charge is 0.271 e. The van der Waals surface area contributed by atoms with Gasteiger partial charge in [0.05, 0.1) is 6.04 Å². The monoisotopic (exact) mass is 276 g/mol. The third-order valence-corrected chi connectivity index (χ3v) is 3.48. The fourth-order valence-electron chi connectivity index (χ4n) is 2.33. The third-order valence-electron chi connectivity index (χ3n) is 3.48. The molecule has 2 nitrogen and oxygen atoms in total. The molecule has 0 aliphatic heterocycles. The minimum Gasteiger partial charge on any atom is -0.271 e. The molecule has 2 aromatic rings. The van der Waals surface area contributed by atoms with E-state index in [1.165, 1.54) is 18.2 Å². The molecule has 0 aliphatic rings. The predicted molar refractivity (Wildman–Crippen MR) is 76.0 cm³/mol. The van der Waals surface area contributed by atoms with Gasteiger partial charge < -0.3 is 0 Å². The summed E-state index contributed by atoms with van der Waals surface area (Å²) in [7, 11) is 0. The molecule has 0 bridgehead atoms. The van der Waals surface area contributed by atoms with Crippen LogP contribution < -0.4 is 11.3 Å². The molecular formula is C16H18F2N2. The van der Waals surface area contributed by atoms with Gasteiger partial charge in [0.25, 0.3) is 0 Å². The van der Waals surface area contributed by atoms with Crippen LogP contribution in [0.2, 0.25) is 0 Å². The fourth-order valence-corrected chi connectivity index (χ4v) is 2.33. The van der Waals surface area contributed by atoms with Crippen LogP contribution in [0.5, 0.6) is 0 Å². The molecule has 0 aliphatic carbocycles. The summed E-state index contributed by atoms with van der Waals surface area (Å²) < 4.78 is 27.5. The maximum Gasteiger partial charge on any atom is 0.129 e. The van der Waals surface area contributed by atoms with Crippen LogP contribution in [0.4, 0.5) is 8.78 Å². The van der Waals surface area contributed by atoms with Crippen molar-refractivity contribution < 1.29 is 8.78 Å². The van der Waals surface area contributed by atoms with Crippen molar-refractivity contribution in [3.63, 3.8) is 0 Å². The van der Waals surface area contributed by atoms with Crippen LogP contribution in [0.15, 0.2) is 36.4 Å².